The fourth-order valence-corrected chi connectivity index (χ4v) is 1.08. The van der Waals surface area contributed by atoms with Crippen LogP contribution < -0.4 is 4.74 Å². The van der Waals surface area contributed by atoms with Gasteiger partial charge in [-0.25, -0.2) is 8.78 Å². The summed E-state index contributed by atoms with van der Waals surface area (Å²) in [6.45, 7) is -0.251. The first-order valence-electron chi connectivity index (χ1n) is 4.10. The van der Waals surface area contributed by atoms with Gasteiger partial charge in [0.25, 0.3) is 0 Å². The van der Waals surface area contributed by atoms with Gasteiger partial charge in [0.05, 0.1) is 5.03 Å². The predicted octanol–water partition coefficient (Wildman–Crippen LogP) is 3.48. The average molecular weight is 267 g/mol. The van der Waals surface area contributed by atoms with Gasteiger partial charge in [0, 0.05) is 11.1 Å². The number of carbonyl (C=O) groups excluding carboxylic acids is 1. The van der Waals surface area contributed by atoms with Crippen LogP contribution >= 0.6 is 23.2 Å². The van der Waals surface area contributed by atoms with Gasteiger partial charge in [-0.3, -0.25) is 4.79 Å². The summed E-state index contributed by atoms with van der Waals surface area (Å²) in [5.41, 5.74) is 0.915. The van der Waals surface area contributed by atoms with Crippen molar-refractivity contribution in [1.82, 2.24) is 0 Å². The van der Waals surface area contributed by atoms with Crippen molar-refractivity contribution in [3.05, 3.63) is 39.9 Å². The maximum atomic E-state index is 13.2. The topological polar surface area (TPSA) is 26.3 Å². The average Bonchev–Trinajstić information content (AvgIpc) is 2.27. The lowest BCUT2D eigenvalue weighted by molar-refractivity contribution is 0.112. The molecule has 0 saturated carbocycles. The lowest BCUT2D eigenvalue weighted by Gasteiger charge is -2.07. The second kappa shape index (κ2) is 5.82. The molecule has 0 aliphatic heterocycles. The first kappa shape index (κ1) is 12.9. The summed E-state index contributed by atoms with van der Waals surface area (Å²) in [5, 5.41) is 0.0972. The fourth-order valence-electron chi connectivity index (χ4n) is 0.958. The number of hydrogen-bond donors (Lipinski definition) is 0. The van der Waals surface area contributed by atoms with Gasteiger partial charge in [-0.15, -0.1) is 0 Å². The van der Waals surface area contributed by atoms with Crippen LogP contribution in [0.15, 0.2) is 22.7 Å². The third-order valence-electron chi connectivity index (χ3n) is 1.63. The second-order valence-electron chi connectivity index (χ2n) is 2.78. The van der Waals surface area contributed by atoms with Crippen molar-refractivity contribution in [3.8, 4) is 5.75 Å². The summed E-state index contributed by atoms with van der Waals surface area (Å²) in [6.07, 6.45) is 0.335. The largest absolute Gasteiger partial charge is 0.482 e. The van der Waals surface area contributed by atoms with E-state index >= 15 is 0 Å². The van der Waals surface area contributed by atoms with Crippen molar-refractivity contribution in [1.29, 1.82) is 0 Å². The molecule has 0 aromatic heterocycles. The van der Waals surface area contributed by atoms with Crippen LogP contribution in [0.1, 0.15) is 10.4 Å². The molecule has 6 heteroatoms. The molecule has 0 aliphatic carbocycles. The summed E-state index contributed by atoms with van der Waals surface area (Å²) in [7, 11) is 0. The first-order chi connectivity index (χ1) is 7.58. The number of halogens is 4. The van der Waals surface area contributed by atoms with Crippen LogP contribution in [0.5, 0.6) is 5.75 Å². The Morgan fingerprint density at radius 2 is 1.94 bits per heavy atom. The van der Waals surface area contributed by atoms with Gasteiger partial charge in [0.2, 0.25) is 0 Å². The molecule has 0 spiro atoms. The Balaban J connectivity index is 2.92. The lowest BCUT2D eigenvalue weighted by Crippen LogP contribution is -2.02. The van der Waals surface area contributed by atoms with E-state index in [1.54, 1.807) is 0 Å². The minimum Gasteiger partial charge on any atom is -0.482 e. The fraction of sp³-hybridized carbons (Fsp3) is 0.100. The summed E-state index contributed by atoms with van der Waals surface area (Å²) in [5.74, 6) is -2.54. The minimum atomic E-state index is -0.971. The molecule has 0 saturated heterocycles. The van der Waals surface area contributed by atoms with E-state index in [1.165, 1.54) is 0 Å². The van der Waals surface area contributed by atoms with E-state index in [1.807, 2.05) is 0 Å². The standard InChI is InChI=1S/C10H6Cl2F2O2/c11-3-7(12)5-16-10-8(13)1-6(4-15)2-9(10)14/h1-4H,5H2. The van der Waals surface area contributed by atoms with E-state index in [-0.39, 0.29) is 17.2 Å². The summed E-state index contributed by atoms with van der Waals surface area (Å²) < 4.78 is 31.2. The van der Waals surface area contributed by atoms with Gasteiger partial charge in [-0.1, -0.05) is 23.2 Å². The molecule has 2 nitrogen and oxygen atoms in total. The number of ether oxygens (including phenoxy) is 1. The van der Waals surface area contributed by atoms with Crippen LogP contribution in [0.4, 0.5) is 8.78 Å². The van der Waals surface area contributed by atoms with E-state index < -0.39 is 17.4 Å². The van der Waals surface area contributed by atoms with Crippen molar-refractivity contribution < 1.29 is 18.3 Å². The molecule has 1 rings (SSSR count). The summed E-state index contributed by atoms with van der Waals surface area (Å²) in [6, 6.07) is 1.73. The van der Waals surface area contributed by atoms with Crippen LogP contribution in [0, 0.1) is 11.6 Å². The quantitative estimate of drug-likeness (QED) is 0.780. The van der Waals surface area contributed by atoms with Crippen LogP contribution in [-0.4, -0.2) is 12.9 Å². The molecule has 0 N–H and O–H groups in total. The Morgan fingerprint density at radius 1 is 1.38 bits per heavy atom. The van der Waals surface area contributed by atoms with E-state index in [9.17, 15) is 13.6 Å². The Bertz CT molecular complexity index is 410. The zero-order chi connectivity index (χ0) is 12.1. The SMILES string of the molecule is O=Cc1cc(F)c(OCC(Cl)=CCl)c(F)c1. The third kappa shape index (κ3) is 3.18. The van der Waals surface area contributed by atoms with E-state index in [0.717, 1.165) is 17.7 Å². The molecule has 0 bridgehead atoms. The van der Waals surface area contributed by atoms with Gasteiger partial charge in [-0.2, -0.15) is 0 Å². The molecular weight excluding hydrogens is 261 g/mol. The van der Waals surface area contributed by atoms with Crippen LogP contribution in [0.3, 0.4) is 0 Å². The molecule has 0 radical (unpaired) electrons. The van der Waals surface area contributed by atoms with Crippen LogP contribution in [0.2, 0.25) is 0 Å². The molecule has 0 heterocycles. The minimum absolute atomic E-state index is 0.0972. The molecule has 1 aromatic carbocycles. The first-order valence-corrected chi connectivity index (χ1v) is 4.91. The Kier molecular flexibility index (Phi) is 4.71. The Morgan fingerprint density at radius 3 is 2.38 bits per heavy atom. The van der Waals surface area contributed by atoms with E-state index in [4.69, 9.17) is 27.9 Å². The Hall–Kier alpha value is -1.13. The smallest absolute Gasteiger partial charge is 0.191 e. The maximum Gasteiger partial charge on any atom is 0.191 e. The zero-order valence-corrected chi connectivity index (χ0v) is 9.36. The highest BCUT2D eigenvalue weighted by Crippen LogP contribution is 2.23. The van der Waals surface area contributed by atoms with Crippen LogP contribution in [0.25, 0.3) is 0 Å². The zero-order valence-electron chi connectivity index (χ0n) is 7.84. The second-order valence-corrected chi connectivity index (χ2v) is 3.48. The molecule has 16 heavy (non-hydrogen) atoms. The van der Waals surface area contributed by atoms with Gasteiger partial charge >= 0.3 is 0 Å². The van der Waals surface area contributed by atoms with Crippen molar-refractivity contribution in [2.75, 3.05) is 6.61 Å². The lowest BCUT2D eigenvalue weighted by atomic mass is 10.2. The number of benzene rings is 1. The molecule has 0 unspecified atom stereocenters. The van der Waals surface area contributed by atoms with Gasteiger partial charge in [-0.05, 0) is 12.1 Å². The van der Waals surface area contributed by atoms with Crippen LogP contribution in [-0.2, 0) is 0 Å². The molecular formula is C10H6Cl2F2O2. The van der Waals surface area contributed by atoms with E-state index in [2.05, 4.69) is 0 Å². The molecule has 0 aliphatic rings. The monoisotopic (exact) mass is 266 g/mol. The van der Waals surface area contributed by atoms with Crippen molar-refractivity contribution in [2.45, 2.75) is 0 Å². The highest BCUT2D eigenvalue weighted by atomic mass is 35.5. The molecule has 0 atom stereocenters. The molecule has 1 aromatic rings. The normalized spacial score (nSPS) is 11.4. The highest BCUT2D eigenvalue weighted by Gasteiger charge is 2.12. The number of aldehydes is 1. The van der Waals surface area contributed by atoms with Crippen molar-refractivity contribution >= 4 is 29.5 Å². The summed E-state index contributed by atoms with van der Waals surface area (Å²) >= 11 is 10.7. The van der Waals surface area contributed by atoms with Crippen molar-refractivity contribution in [3.63, 3.8) is 0 Å². The number of carbonyl (C=O) groups is 1. The molecule has 86 valence electrons. The van der Waals surface area contributed by atoms with E-state index in [0.29, 0.717) is 6.29 Å². The highest BCUT2D eigenvalue weighted by molar-refractivity contribution is 6.36. The van der Waals surface area contributed by atoms with Gasteiger partial charge in [0.15, 0.2) is 17.4 Å². The summed E-state index contributed by atoms with van der Waals surface area (Å²) in [4.78, 5) is 10.3. The Labute approximate surface area is 100 Å². The predicted molar refractivity (Wildman–Crippen MR) is 57.0 cm³/mol. The van der Waals surface area contributed by atoms with Gasteiger partial charge < -0.3 is 4.74 Å². The third-order valence-corrected chi connectivity index (χ3v) is 2.22. The molecule has 0 fully saturated rings. The number of rotatable bonds is 4. The van der Waals surface area contributed by atoms with Gasteiger partial charge in [0.1, 0.15) is 12.9 Å². The maximum absolute atomic E-state index is 13.2. The van der Waals surface area contributed by atoms with Crippen molar-refractivity contribution in [2.24, 2.45) is 0 Å². The number of hydrogen-bond acceptors (Lipinski definition) is 2. The molecule has 0 amide bonds.